The Morgan fingerprint density at radius 3 is 2.88 bits per heavy atom. The summed E-state index contributed by atoms with van der Waals surface area (Å²) in [4.78, 5) is 15.1. The summed E-state index contributed by atoms with van der Waals surface area (Å²) < 4.78 is 0. The average Bonchev–Trinajstić information content (AvgIpc) is 2.71. The molecular formula is C13H21NO3. The number of unbranched alkanes of at least 4 members (excludes halogenated alkanes) is 3. The lowest BCUT2D eigenvalue weighted by Gasteiger charge is -2.04. The fourth-order valence-electron chi connectivity index (χ4n) is 2.07. The zero-order valence-electron chi connectivity index (χ0n) is 10.4. The van der Waals surface area contributed by atoms with Crippen molar-refractivity contribution in [1.82, 2.24) is 0 Å². The van der Waals surface area contributed by atoms with Crippen LogP contribution in [-0.4, -0.2) is 23.9 Å². The van der Waals surface area contributed by atoms with Gasteiger partial charge in [0, 0.05) is 6.42 Å². The van der Waals surface area contributed by atoms with Crippen molar-refractivity contribution in [2.75, 3.05) is 7.11 Å². The second kappa shape index (κ2) is 7.87. The highest BCUT2D eigenvalue weighted by Gasteiger charge is 2.13. The predicted molar refractivity (Wildman–Crippen MR) is 67.1 cm³/mol. The number of nitrogens with zero attached hydrogens (tertiary/aromatic N) is 1. The summed E-state index contributed by atoms with van der Waals surface area (Å²) in [6, 6.07) is 0. The summed E-state index contributed by atoms with van der Waals surface area (Å²) in [5, 5.41) is 12.5. The van der Waals surface area contributed by atoms with Crippen molar-refractivity contribution in [3.8, 4) is 0 Å². The zero-order chi connectivity index (χ0) is 12.5. The Labute approximate surface area is 102 Å². The maximum absolute atomic E-state index is 10.3. The van der Waals surface area contributed by atoms with E-state index < -0.39 is 5.97 Å². The largest absolute Gasteiger partial charge is 0.481 e. The molecule has 0 fully saturated rings. The lowest BCUT2D eigenvalue weighted by Crippen LogP contribution is -1.98. The van der Waals surface area contributed by atoms with Gasteiger partial charge < -0.3 is 9.94 Å². The fraction of sp³-hybridized carbons (Fsp3) is 0.692. The van der Waals surface area contributed by atoms with Gasteiger partial charge in [-0.3, -0.25) is 4.79 Å². The third kappa shape index (κ3) is 5.52. The molecule has 0 saturated heterocycles. The summed E-state index contributed by atoms with van der Waals surface area (Å²) in [5.41, 5.74) is 2.39. The highest BCUT2D eigenvalue weighted by atomic mass is 16.6. The second-order valence-electron chi connectivity index (χ2n) is 4.30. The topological polar surface area (TPSA) is 58.9 Å². The van der Waals surface area contributed by atoms with Crippen LogP contribution in [0.5, 0.6) is 0 Å². The van der Waals surface area contributed by atoms with E-state index in [0.29, 0.717) is 6.42 Å². The summed E-state index contributed by atoms with van der Waals surface area (Å²) >= 11 is 0. The van der Waals surface area contributed by atoms with Crippen LogP contribution < -0.4 is 0 Å². The van der Waals surface area contributed by atoms with E-state index in [1.807, 2.05) is 0 Å². The molecule has 0 aliphatic heterocycles. The van der Waals surface area contributed by atoms with Crippen LogP contribution in [0.1, 0.15) is 51.4 Å². The molecule has 0 aromatic carbocycles. The molecule has 0 atom stereocenters. The molecule has 1 N–H and O–H groups in total. The molecule has 0 spiro atoms. The molecule has 0 amide bonds. The van der Waals surface area contributed by atoms with E-state index in [9.17, 15) is 4.79 Å². The molecule has 4 heteroatoms. The minimum absolute atomic E-state index is 0.291. The second-order valence-corrected chi connectivity index (χ2v) is 4.30. The average molecular weight is 239 g/mol. The monoisotopic (exact) mass is 239 g/mol. The number of aliphatic carboxylic acids is 1. The normalized spacial score (nSPS) is 17.2. The van der Waals surface area contributed by atoms with Crippen LogP contribution in [0, 0.1) is 0 Å². The van der Waals surface area contributed by atoms with Crippen LogP contribution in [-0.2, 0) is 9.63 Å². The molecule has 0 aromatic rings. The predicted octanol–water partition coefficient (Wildman–Crippen LogP) is 3.13. The van der Waals surface area contributed by atoms with Gasteiger partial charge in [0.25, 0.3) is 0 Å². The highest BCUT2D eigenvalue weighted by molar-refractivity contribution is 6.01. The number of carboxylic acids is 1. The maximum Gasteiger partial charge on any atom is 0.303 e. The van der Waals surface area contributed by atoms with E-state index in [-0.39, 0.29) is 0 Å². The molecule has 0 bridgehead atoms. The first-order chi connectivity index (χ1) is 8.24. The lowest BCUT2D eigenvalue weighted by atomic mass is 10.0. The third-order valence-corrected chi connectivity index (χ3v) is 2.93. The van der Waals surface area contributed by atoms with Crippen LogP contribution in [0.4, 0.5) is 0 Å². The highest BCUT2D eigenvalue weighted by Crippen LogP contribution is 2.21. The molecule has 0 radical (unpaired) electrons. The number of carbonyl (C=O) groups is 1. The molecule has 0 aromatic heterocycles. The molecular weight excluding hydrogens is 218 g/mol. The van der Waals surface area contributed by atoms with E-state index in [1.165, 1.54) is 5.57 Å². The molecule has 1 rings (SSSR count). The maximum atomic E-state index is 10.3. The Morgan fingerprint density at radius 2 is 2.18 bits per heavy atom. The van der Waals surface area contributed by atoms with Gasteiger partial charge in [-0.15, -0.1) is 0 Å². The first-order valence-electron chi connectivity index (χ1n) is 6.25. The molecule has 4 nitrogen and oxygen atoms in total. The molecule has 96 valence electrons. The minimum atomic E-state index is -0.696. The number of hydrogen-bond acceptors (Lipinski definition) is 3. The Kier molecular flexibility index (Phi) is 6.37. The number of allylic oxidation sites excluding steroid dienone is 2. The quantitative estimate of drug-likeness (QED) is 0.523. The molecule has 1 aliphatic carbocycles. The molecule has 0 saturated carbocycles. The van der Waals surface area contributed by atoms with Gasteiger partial charge in [0.05, 0.1) is 5.71 Å². The molecule has 0 heterocycles. The van der Waals surface area contributed by atoms with Gasteiger partial charge >= 0.3 is 5.97 Å². The van der Waals surface area contributed by atoms with Crippen molar-refractivity contribution >= 4 is 11.7 Å². The molecule has 17 heavy (non-hydrogen) atoms. The third-order valence-electron chi connectivity index (χ3n) is 2.93. The summed E-state index contributed by atoms with van der Waals surface area (Å²) in [7, 11) is 1.58. The van der Waals surface area contributed by atoms with Gasteiger partial charge in [-0.05, 0) is 37.7 Å². The van der Waals surface area contributed by atoms with E-state index in [4.69, 9.17) is 9.94 Å². The van der Waals surface area contributed by atoms with Gasteiger partial charge in [-0.25, -0.2) is 0 Å². The number of hydrogen-bond donors (Lipinski definition) is 1. The Bertz CT molecular complexity index is 308. The number of rotatable bonds is 8. The SMILES string of the molecule is CON=C1CCC=C1CCCCCCC(=O)O. The summed E-state index contributed by atoms with van der Waals surface area (Å²) in [6.07, 6.45) is 9.59. The van der Waals surface area contributed by atoms with E-state index in [1.54, 1.807) is 7.11 Å². The molecule has 1 aliphatic rings. The summed E-state index contributed by atoms with van der Waals surface area (Å²) in [5.74, 6) is -0.696. The Hall–Kier alpha value is -1.32. The van der Waals surface area contributed by atoms with Gasteiger partial charge in [0.1, 0.15) is 7.11 Å². The smallest absolute Gasteiger partial charge is 0.303 e. The Morgan fingerprint density at radius 1 is 1.41 bits per heavy atom. The zero-order valence-corrected chi connectivity index (χ0v) is 10.4. The Balaban J connectivity index is 2.10. The number of carboxylic acid groups (broad SMARTS) is 1. The van der Waals surface area contributed by atoms with Gasteiger partial charge in [0.15, 0.2) is 0 Å². The van der Waals surface area contributed by atoms with Crippen LogP contribution >= 0.6 is 0 Å². The van der Waals surface area contributed by atoms with Crippen molar-refractivity contribution in [2.24, 2.45) is 5.16 Å². The van der Waals surface area contributed by atoms with Crippen molar-refractivity contribution < 1.29 is 14.7 Å². The fourth-order valence-corrected chi connectivity index (χ4v) is 2.07. The summed E-state index contributed by atoms with van der Waals surface area (Å²) in [6.45, 7) is 0. The van der Waals surface area contributed by atoms with E-state index >= 15 is 0 Å². The standard InChI is InChI=1S/C13H21NO3/c1-17-14-12-9-6-8-11(12)7-4-2-3-5-10-13(15)16/h8H,2-7,9-10H2,1H3,(H,15,16). The van der Waals surface area contributed by atoms with Crippen LogP contribution in [0.25, 0.3) is 0 Å². The van der Waals surface area contributed by atoms with Gasteiger partial charge in [-0.1, -0.05) is 24.1 Å². The number of oxime groups is 1. The lowest BCUT2D eigenvalue weighted by molar-refractivity contribution is -0.137. The minimum Gasteiger partial charge on any atom is -0.481 e. The first-order valence-corrected chi connectivity index (χ1v) is 6.25. The van der Waals surface area contributed by atoms with Crippen molar-refractivity contribution in [3.05, 3.63) is 11.6 Å². The van der Waals surface area contributed by atoms with Crippen LogP contribution in [0.3, 0.4) is 0 Å². The van der Waals surface area contributed by atoms with Gasteiger partial charge in [-0.2, -0.15) is 0 Å². The van der Waals surface area contributed by atoms with Crippen molar-refractivity contribution in [2.45, 2.75) is 51.4 Å². The van der Waals surface area contributed by atoms with E-state index in [0.717, 1.165) is 50.7 Å². The van der Waals surface area contributed by atoms with Crippen molar-refractivity contribution in [1.29, 1.82) is 0 Å². The van der Waals surface area contributed by atoms with E-state index in [2.05, 4.69) is 11.2 Å². The van der Waals surface area contributed by atoms with Crippen LogP contribution in [0.2, 0.25) is 0 Å². The van der Waals surface area contributed by atoms with Crippen molar-refractivity contribution in [3.63, 3.8) is 0 Å². The first kappa shape index (κ1) is 13.7. The van der Waals surface area contributed by atoms with Crippen LogP contribution in [0.15, 0.2) is 16.8 Å². The van der Waals surface area contributed by atoms with Gasteiger partial charge in [0.2, 0.25) is 0 Å². The molecule has 0 unspecified atom stereocenters.